The molecule has 0 spiro atoms. The number of nitrogens with zero attached hydrogens (tertiary/aromatic N) is 1. The number of carbonyl (C=O) groups excluding carboxylic acids is 1. The van der Waals surface area contributed by atoms with Crippen molar-refractivity contribution in [3.63, 3.8) is 0 Å². The van der Waals surface area contributed by atoms with Gasteiger partial charge in [-0.3, -0.25) is 9.69 Å². The van der Waals surface area contributed by atoms with Crippen LogP contribution < -0.4 is 0 Å². The van der Waals surface area contributed by atoms with Crippen LogP contribution >= 0.6 is 0 Å². The number of benzene rings is 1. The molecule has 104 valence electrons. The number of carbonyl (C=O) groups is 1. The number of hydrogen-bond acceptors (Lipinski definition) is 4. The van der Waals surface area contributed by atoms with Gasteiger partial charge in [0.2, 0.25) is 0 Å². The molecule has 0 amide bonds. The van der Waals surface area contributed by atoms with Gasteiger partial charge in [-0.15, -0.1) is 0 Å². The molecule has 0 radical (unpaired) electrons. The highest BCUT2D eigenvalue weighted by atomic mass is 19.1. The summed E-state index contributed by atoms with van der Waals surface area (Å²) in [6, 6.07) is 5.62. The van der Waals surface area contributed by atoms with Crippen LogP contribution in [0.15, 0.2) is 24.3 Å². The molecule has 1 aliphatic rings. The minimum absolute atomic E-state index is 0.00832. The van der Waals surface area contributed by atoms with Crippen LogP contribution in [0.1, 0.15) is 10.4 Å². The van der Waals surface area contributed by atoms with Crippen LogP contribution in [0, 0.1) is 5.82 Å². The minimum atomic E-state index is -0.336. The van der Waals surface area contributed by atoms with Crippen molar-refractivity contribution in [3.8, 4) is 0 Å². The van der Waals surface area contributed by atoms with E-state index in [1.807, 2.05) is 4.90 Å². The summed E-state index contributed by atoms with van der Waals surface area (Å²) in [5, 5.41) is 0. The molecule has 1 aliphatic heterocycles. The van der Waals surface area contributed by atoms with Gasteiger partial charge in [-0.25, -0.2) is 4.39 Å². The topological polar surface area (TPSA) is 38.8 Å². The van der Waals surface area contributed by atoms with Crippen LogP contribution in [0.25, 0.3) is 0 Å². The molecular formula is C14H18FNO3. The van der Waals surface area contributed by atoms with Gasteiger partial charge in [-0.2, -0.15) is 0 Å². The maximum absolute atomic E-state index is 12.8. The number of rotatable bonds is 5. The van der Waals surface area contributed by atoms with Gasteiger partial charge in [-0.1, -0.05) is 0 Å². The average molecular weight is 267 g/mol. The highest BCUT2D eigenvalue weighted by Crippen LogP contribution is 2.16. The molecule has 19 heavy (non-hydrogen) atoms. The van der Waals surface area contributed by atoms with Gasteiger partial charge in [0.25, 0.3) is 0 Å². The molecule has 0 saturated carbocycles. The van der Waals surface area contributed by atoms with Crippen LogP contribution in [0.5, 0.6) is 0 Å². The fourth-order valence-electron chi connectivity index (χ4n) is 2.33. The summed E-state index contributed by atoms with van der Waals surface area (Å²) >= 11 is 0. The standard InChI is InChI=1S/C14H18FNO3/c1-18-13-8-16(9-14(13)19-2)7-12(17)10-3-5-11(15)6-4-10/h3-6,13-14H,7-9H2,1-2H3. The minimum Gasteiger partial charge on any atom is -0.377 e. The average Bonchev–Trinajstić information content (AvgIpc) is 2.81. The van der Waals surface area contributed by atoms with Crippen LogP contribution in [0.3, 0.4) is 0 Å². The molecule has 5 heteroatoms. The first-order valence-corrected chi connectivity index (χ1v) is 6.20. The van der Waals surface area contributed by atoms with Crippen molar-refractivity contribution in [2.75, 3.05) is 33.9 Å². The molecule has 1 aromatic carbocycles. The Balaban J connectivity index is 1.95. The monoisotopic (exact) mass is 267 g/mol. The molecule has 0 aliphatic carbocycles. The molecule has 1 heterocycles. The molecule has 0 bridgehead atoms. The van der Waals surface area contributed by atoms with Crippen molar-refractivity contribution in [2.24, 2.45) is 0 Å². The third-order valence-electron chi connectivity index (χ3n) is 3.43. The van der Waals surface area contributed by atoms with E-state index in [0.29, 0.717) is 25.2 Å². The Bertz CT molecular complexity index is 423. The van der Waals surface area contributed by atoms with E-state index in [1.165, 1.54) is 24.3 Å². The fourth-order valence-corrected chi connectivity index (χ4v) is 2.33. The molecule has 2 unspecified atom stereocenters. The molecule has 4 nitrogen and oxygen atoms in total. The number of halogens is 1. The number of Topliss-reactive ketones (excluding diaryl/α,β-unsaturated/α-hetero) is 1. The second kappa shape index (κ2) is 6.23. The van der Waals surface area contributed by atoms with Gasteiger partial charge < -0.3 is 9.47 Å². The number of hydrogen-bond donors (Lipinski definition) is 0. The Morgan fingerprint density at radius 2 is 1.74 bits per heavy atom. The molecular weight excluding hydrogens is 249 g/mol. The number of likely N-dealkylation sites (tertiary alicyclic amines) is 1. The zero-order chi connectivity index (χ0) is 13.8. The number of ether oxygens (including phenoxy) is 2. The van der Waals surface area contributed by atoms with E-state index >= 15 is 0 Å². The van der Waals surface area contributed by atoms with E-state index in [1.54, 1.807) is 14.2 Å². The van der Waals surface area contributed by atoms with E-state index in [0.717, 1.165) is 0 Å². The molecule has 1 fully saturated rings. The summed E-state index contributed by atoms with van der Waals surface area (Å²) in [4.78, 5) is 14.1. The van der Waals surface area contributed by atoms with Gasteiger partial charge >= 0.3 is 0 Å². The summed E-state index contributed by atoms with van der Waals surface area (Å²) in [6.07, 6.45) is -0.0166. The van der Waals surface area contributed by atoms with Crippen molar-refractivity contribution in [3.05, 3.63) is 35.6 Å². The predicted molar refractivity (Wildman–Crippen MR) is 68.8 cm³/mol. The van der Waals surface area contributed by atoms with E-state index in [2.05, 4.69) is 0 Å². The normalized spacial score (nSPS) is 23.7. The van der Waals surface area contributed by atoms with Gasteiger partial charge in [0.05, 0.1) is 18.8 Å². The molecule has 1 saturated heterocycles. The predicted octanol–water partition coefficient (Wildman–Crippen LogP) is 1.35. The maximum Gasteiger partial charge on any atom is 0.176 e. The lowest BCUT2D eigenvalue weighted by Crippen LogP contribution is -2.29. The number of methoxy groups -OCH3 is 2. The van der Waals surface area contributed by atoms with Crippen LogP contribution in [0.4, 0.5) is 4.39 Å². The molecule has 2 rings (SSSR count). The van der Waals surface area contributed by atoms with Crippen LogP contribution in [-0.4, -0.2) is 56.7 Å². The Morgan fingerprint density at radius 3 is 2.21 bits per heavy atom. The van der Waals surface area contributed by atoms with Gasteiger partial charge in [0.1, 0.15) is 5.82 Å². The van der Waals surface area contributed by atoms with Gasteiger partial charge in [0, 0.05) is 32.9 Å². The maximum atomic E-state index is 12.8. The quantitative estimate of drug-likeness (QED) is 0.755. The SMILES string of the molecule is COC1CN(CC(=O)c2ccc(F)cc2)CC1OC. The molecule has 0 aromatic heterocycles. The van der Waals surface area contributed by atoms with Crippen molar-refractivity contribution in [1.82, 2.24) is 4.90 Å². The van der Waals surface area contributed by atoms with Crippen molar-refractivity contribution in [2.45, 2.75) is 12.2 Å². The van der Waals surface area contributed by atoms with Gasteiger partial charge in [0.15, 0.2) is 5.78 Å². The summed E-state index contributed by atoms with van der Waals surface area (Å²) in [5.41, 5.74) is 0.524. The van der Waals surface area contributed by atoms with E-state index in [4.69, 9.17) is 9.47 Å². The van der Waals surface area contributed by atoms with Crippen molar-refractivity contribution < 1.29 is 18.7 Å². The van der Waals surface area contributed by atoms with Gasteiger partial charge in [-0.05, 0) is 24.3 Å². The lowest BCUT2D eigenvalue weighted by Gasteiger charge is -2.13. The summed E-state index contributed by atoms with van der Waals surface area (Å²) in [6.45, 7) is 1.63. The highest BCUT2D eigenvalue weighted by molar-refractivity contribution is 5.97. The Labute approximate surface area is 112 Å². The molecule has 2 atom stereocenters. The van der Waals surface area contributed by atoms with Crippen LogP contribution in [0.2, 0.25) is 0 Å². The lowest BCUT2D eigenvalue weighted by molar-refractivity contribution is -0.00461. The second-order valence-corrected chi connectivity index (χ2v) is 4.67. The van der Waals surface area contributed by atoms with E-state index < -0.39 is 0 Å². The third-order valence-corrected chi connectivity index (χ3v) is 3.43. The van der Waals surface area contributed by atoms with Crippen molar-refractivity contribution in [1.29, 1.82) is 0 Å². The van der Waals surface area contributed by atoms with E-state index in [9.17, 15) is 9.18 Å². The first kappa shape index (κ1) is 14.1. The third kappa shape index (κ3) is 3.37. The number of ketones is 1. The summed E-state index contributed by atoms with van der Waals surface area (Å²) in [7, 11) is 3.28. The summed E-state index contributed by atoms with van der Waals surface area (Å²) in [5.74, 6) is -0.358. The zero-order valence-electron chi connectivity index (χ0n) is 11.1. The Hall–Kier alpha value is -1.30. The van der Waals surface area contributed by atoms with E-state index in [-0.39, 0.29) is 23.8 Å². The fraction of sp³-hybridized carbons (Fsp3) is 0.500. The molecule has 1 aromatic rings. The van der Waals surface area contributed by atoms with Crippen molar-refractivity contribution >= 4 is 5.78 Å². The first-order valence-electron chi connectivity index (χ1n) is 6.20. The van der Waals surface area contributed by atoms with Crippen LogP contribution in [-0.2, 0) is 9.47 Å². The molecule has 0 N–H and O–H groups in total. The Kier molecular flexibility index (Phi) is 4.63. The lowest BCUT2D eigenvalue weighted by atomic mass is 10.1. The highest BCUT2D eigenvalue weighted by Gasteiger charge is 2.33. The largest absolute Gasteiger partial charge is 0.377 e. The summed E-state index contributed by atoms with van der Waals surface area (Å²) < 4.78 is 23.4. The smallest absolute Gasteiger partial charge is 0.176 e. The second-order valence-electron chi connectivity index (χ2n) is 4.67. The first-order chi connectivity index (χ1) is 9.13. The Morgan fingerprint density at radius 1 is 1.21 bits per heavy atom. The zero-order valence-corrected chi connectivity index (χ0v) is 11.1.